The number of anilines is 1. The highest BCUT2D eigenvalue weighted by molar-refractivity contribution is 5.84. The molecule has 0 aliphatic carbocycles. The molecule has 2 heterocycles. The van der Waals surface area contributed by atoms with E-state index >= 15 is 0 Å². The van der Waals surface area contributed by atoms with Crippen LogP contribution in [-0.4, -0.2) is 36.8 Å². The maximum absolute atomic E-state index is 10.8. The van der Waals surface area contributed by atoms with Crippen molar-refractivity contribution in [2.75, 3.05) is 24.5 Å². The van der Waals surface area contributed by atoms with Crippen molar-refractivity contribution in [1.82, 2.24) is 5.32 Å². The third-order valence-corrected chi connectivity index (χ3v) is 3.30. The van der Waals surface area contributed by atoms with Crippen LogP contribution in [-0.2, 0) is 0 Å². The van der Waals surface area contributed by atoms with Gasteiger partial charge < -0.3 is 19.7 Å². The summed E-state index contributed by atoms with van der Waals surface area (Å²) >= 11 is 0. The van der Waals surface area contributed by atoms with Crippen molar-refractivity contribution < 1.29 is 14.3 Å². The summed E-state index contributed by atoms with van der Waals surface area (Å²) in [5.74, 6) is -0.316. The molecule has 18 heavy (non-hydrogen) atoms. The normalized spacial score (nSPS) is 16.7. The van der Waals surface area contributed by atoms with Crippen LogP contribution in [0.1, 0.15) is 36.7 Å². The third-order valence-electron chi connectivity index (χ3n) is 3.30. The summed E-state index contributed by atoms with van der Waals surface area (Å²) in [5.41, 5.74) is 0. The standard InChI is InChI=1S/C13H20N2O3/c1-2-9-15(10-5-7-14-8-6-10)12-4-3-11(18-12)13(16)17/h3-4,10,14H,2,5-9H2,1H3,(H,16,17). The second-order valence-electron chi connectivity index (χ2n) is 4.62. The number of carboxylic acid groups (broad SMARTS) is 1. The molecule has 1 fully saturated rings. The highest BCUT2D eigenvalue weighted by Crippen LogP contribution is 2.24. The lowest BCUT2D eigenvalue weighted by molar-refractivity contribution is 0.0663. The van der Waals surface area contributed by atoms with Gasteiger partial charge in [0.25, 0.3) is 0 Å². The Kier molecular flexibility index (Phi) is 4.25. The smallest absolute Gasteiger partial charge is 0.371 e. The summed E-state index contributed by atoms with van der Waals surface area (Å²) in [5, 5.41) is 12.2. The minimum Gasteiger partial charge on any atom is -0.475 e. The summed E-state index contributed by atoms with van der Waals surface area (Å²) in [6.07, 6.45) is 3.17. The molecular formula is C13H20N2O3. The van der Waals surface area contributed by atoms with E-state index in [0.717, 1.165) is 38.9 Å². The van der Waals surface area contributed by atoms with E-state index < -0.39 is 5.97 Å². The van der Waals surface area contributed by atoms with Crippen LogP contribution >= 0.6 is 0 Å². The molecule has 0 saturated carbocycles. The van der Waals surface area contributed by atoms with E-state index in [-0.39, 0.29) is 5.76 Å². The quantitative estimate of drug-likeness (QED) is 0.838. The first-order valence-corrected chi connectivity index (χ1v) is 6.53. The monoisotopic (exact) mass is 252 g/mol. The van der Waals surface area contributed by atoms with Gasteiger partial charge in [0.05, 0.1) is 0 Å². The Morgan fingerprint density at radius 1 is 1.50 bits per heavy atom. The highest BCUT2D eigenvalue weighted by atomic mass is 16.4. The lowest BCUT2D eigenvalue weighted by atomic mass is 10.0. The van der Waals surface area contributed by atoms with Crippen LogP contribution in [0.2, 0.25) is 0 Å². The molecule has 0 aromatic carbocycles. The van der Waals surface area contributed by atoms with Gasteiger partial charge >= 0.3 is 5.97 Å². The maximum Gasteiger partial charge on any atom is 0.371 e. The van der Waals surface area contributed by atoms with Crippen LogP contribution < -0.4 is 10.2 Å². The van der Waals surface area contributed by atoms with Crippen molar-refractivity contribution in [2.45, 2.75) is 32.2 Å². The zero-order chi connectivity index (χ0) is 13.0. The molecule has 0 unspecified atom stereocenters. The fourth-order valence-corrected chi connectivity index (χ4v) is 2.43. The maximum atomic E-state index is 10.8. The SMILES string of the molecule is CCCN(c1ccc(C(=O)O)o1)C1CCNCC1. The second kappa shape index (κ2) is 5.91. The van der Waals surface area contributed by atoms with Crippen molar-refractivity contribution in [2.24, 2.45) is 0 Å². The Bertz CT molecular complexity index is 397. The second-order valence-corrected chi connectivity index (χ2v) is 4.62. The first kappa shape index (κ1) is 13.0. The van der Waals surface area contributed by atoms with Crippen molar-refractivity contribution >= 4 is 11.9 Å². The number of aromatic carboxylic acids is 1. The molecule has 0 amide bonds. The van der Waals surface area contributed by atoms with Gasteiger partial charge in [-0.05, 0) is 38.4 Å². The average molecular weight is 252 g/mol. The number of hydrogen-bond donors (Lipinski definition) is 2. The molecule has 0 radical (unpaired) electrons. The summed E-state index contributed by atoms with van der Waals surface area (Å²) < 4.78 is 5.42. The van der Waals surface area contributed by atoms with E-state index in [0.29, 0.717) is 11.9 Å². The molecule has 0 bridgehead atoms. The number of nitrogens with one attached hydrogen (secondary N) is 1. The van der Waals surface area contributed by atoms with Crippen LogP contribution in [0, 0.1) is 0 Å². The topological polar surface area (TPSA) is 65.7 Å². The molecule has 1 aliphatic rings. The van der Waals surface area contributed by atoms with Gasteiger partial charge in [0.2, 0.25) is 5.76 Å². The minimum absolute atomic E-state index is 0.0139. The van der Waals surface area contributed by atoms with Gasteiger partial charge in [0.15, 0.2) is 5.88 Å². The Labute approximate surface area is 107 Å². The lowest BCUT2D eigenvalue weighted by Crippen LogP contribution is -2.43. The van der Waals surface area contributed by atoms with Crippen molar-refractivity contribution in [3.8, 4) is 0 Å². The molecule has 2 N–H and O–H groups in total. The molecule has 0 spiro atoms. The first-order chi connectivity index (χ1) is 8.72. The van der Waals surface area contributed by atoms with Crippen LogP contribution in [0.4, 0.5) is 5.88 Å². The van der Waals surface area contributed by atoms with E-state index in [9.17, 15) is 4.79 Å². The van der Waals surface area contributed by atoms with Gasteiger partial charge in [0.1, 0.15) is 0 Å². The Balaban J connectivity index is 2.14. The van der Waals surface area contributed by atoms with E-state index in [1.807, 2.05) is 0 Å². The van der Waals surface area contributed by atoms with Crippen molar-refractivity contribution in [3.63, 3.8) is 0 Å². The fourth-order valence-electron chi connectivity index (χ4n) is 2.43. The lowest BCUT2D eigenvalue weighted by Gasteiger charge is -2.34. The van der Waals surface area contributed by atoms with Gasteiger partial charge in [-0.3, -0.25) is 0 Å². The molecule has 100 valence electrons. The molecular weight excluding hydrogens is 232 g/mol. The van der Waals surface area contributed by atoms with Crippen molar-refractivity contribution in [3.05, 3.63) is 17.9 Å². The highest BCUT2D eigenvalue weighted by Gasteiger charge is 2.23. The first-order valence-electron chi connectivity index (χ1n) is 6.53. The Morgan fingerprint density at radius 2 is 2.22 bits per heavy atom. The summed E-state index contributed by atoms with van der Waals surface area (Å²) in [7, 11) is 0. The van der Waals surface area contributed by atoms with Crippen molar-refractivity contribution in [1.29, 1.82) is 0 Å². The number of carboxylic acids is 1. The van der Waals surface area contributed by atoms with Crippen LogP contribution in [0.5, 0.6) is 0 Å². The Morgan fingerprint density at radius 3 is 2.78 bits per heavy atom. The average Bonchev–Trinajstić information content (AvgIpc) is 2.86. The summed E-state index contributed by atoms with van der Waals surface area (Å²) in [6, 6.07) is 3.74. The van der Waals surface area contributed by atoms with E-state index in [1.165, 1.54) is 6.07 Å². The number of rotatable bonds is 5. The van der Waals surface area contributed by atoms with Gasteiger partial charge in [-0.15, -0.1) is 0 Å². The number of piperidine rings is 1. The Hall–Kier alpha value is -1.49. The van der Waals surface area contributed by atoms with Gasteiger partial charge in [-0.2, -0.15) is 0 Å². The largest absolute Gasteiger partial charge is 0.475 e. The molecule has 1 saturated heterocycles. The molecule has 5 nitrogen and oxygen atoms in total. The summed E-state index contributed by atoms with van der Waals surface area (Å²) in [4.78, 5) is 13.1. The van der Waals surface area contributed by atoms with Gasteiger partial charge in [-0.25, -0.2) is 4.79 Å². The predicted molar refractivity (Wildman–Crippen MR) is 69.2 cm³/mol. The van der Waals surface area contributed by atoms with Gasteiger partial charge in [-0.1, -0.05) is 6.92 Å². The van der Waals surface area contributed by atoms with Gasteiger partial charge in [0, 0.05) is 18.7 Å². The zero-order valence-electron chi connectivity index (χ0n) is 10.7. The molecule has 2 rings (SSSR count). The van der Waals surface area contributed by atoms with Crippen LogP contribution in [0.25, 0.3) is 0 Å². The number of furan rings is 1. The van der Waals surface area contributed by atoms with Crippen LogP contribution in [0.15, 0.2) is 16.5 Å². The number of carbonyl (C=O) groups is 1. The number of nitrogens with zero attached hydrogens (tertiary/aromatic N) is 1. The van der Waals surface area contributed by atoms with E-state index in [4.69, 9.17) is 9.52 Å². The molecule has 1 aromatic heterocycles. The predicted octanol–water partition coefficient (Wildman–Crippen LogP) is 1.95. The number of hydrogen-bond acceptors (Lipinski definition) is 4. The fraction of sp³-hybridized carbons (Fsp3) is 0.615. The molecule has 5 heteroatoms. The summed E-state index contributed by atoms with van der Waals surface area (Å²) in [6.45, 7) is 5.04. The third kappa shape index (κ3) is 2.85. The van der Waals surface area contributed by atoms with E-state index in [2.05, 4.69) is 17.1 Å². The van der Waals surface area contributed by atoms with E-state index in [1.54, 1.807) is 6.07 Å². The molecule has 1 aliphatic heterocycles. The minimum atomic E-state index is -1.01. The molecule has 1 aromatic rings. The van der Waals surface area contributed by atoms with Crippen LogP contribution in [0.3, 0.4) is 0 Å². The zero-order valence-corrected chi connectivity index (χ0v) is 10.7. The molecule has 0 atom stereocenters.